The number of carbonyl (C=O) groups excluding carboxylic acids is 13. The second-order valence-electron chi connectivity index (χ2n) is 37.2. The molecule has 3 unspecified atom stereocenters. The van der Waals surface area contributed by atoms with Gasteiger partial charge in [-0.15, -0.1) is 0 Å². The molecule has 0 saturated carbocycles. The van der Waals surface area contributed by atoms with E-state index in [2.05, 4.69) is 41.9 Å². The van der Waals surface area contributed by atoms with Gasteiger partial charge in [-0.3, -0.25) is 57.5 Å². The molecule has 10 aromatic rings. The van der Waals surface area contributed by atoms with Crippen molar-refractivity contribution in [3.63, 3.8) is 0 Å². The summed E-state index contributed by atoms with van der Waals surface area (Å²) >= 11 is 6.95. The van der Waals surface area contributed by atoms with E-state index in [4.69, 9.17) is 30.8 Å². The fourth-order valence-corrected chi connectivity index (χ4v) is 20.3. The molecule has 1 aliphatic carbocycles. The average molecular weight is 1900 g/mol. The van der Waals surface area contributed by atoms with Crippen LogP contribution in [0.1, 0.15) is 168 Å². The van der Waals surface area contributed by atoms with E-state index in [1.165, 1.54) is 45.5 Å². The molecule has 5 aliphatic rings. The Balaban J connectivity index is 0.817. The predicted octanol–water partition coefficient (Wildman–Crippen LogP) is 9.94. The summed E-state index contributed by atoms with van der Waals surface area (Å²) in [5.74, 6) is -13.1. The number of rotatable bonds is 22. The molecule has 31 nitrogen and oxygen atoms in total. The molecule has 0 spiro atoms. The average Bonchev–Trinajstić information content (AvgIpc) is 1.39. The van der Waals surface area contributed by atoms with Gasteiger partial charge in [0.2, 0.25) is 65.0 Å². The number of nitrogens with one attached hydrogen (secondary N) is 8. The maximum atomic E-state index is 16.6. The number of imidazole rings is 1. The van der Waals surface area contributed by atoms with Crippen molar-refractivity contribution in [2.45, 2.75) is 215 Å². The summed E-state index contributed by atoms with van der Waals surface area (Å²) in [5.41, 5.74) is 4.84. The van der Waals surface area contributed by atoms with E-state index in [9.17, 15) is 4.79 Å². The first-order chi connectivity index (χ1) is 66.6. The van der Waals surface area contributed by atoms with Crippen LogP contribution in [0.3, 0.4) is 0 Å². The Morgan fingerprint density at radius 1 is 0.558 bits per heavy atom. The van der Waals surface area contributed by atoms with Gasteiger partial charge in [0.25, 0.3) is 0 Å². The highest BCUT2D eigenvalue weighted by Crippen LogP contribution is 2.44. The molecule has 15 rings (SSSR count). The maximum Gasteiger partial charge on any atom is 0.329 e. The summed E-state index contributed by atoms with van der Waals surface area (Å²) < 4.78 is 20.6. The number of Topliss-reactive ketones (excluding diaryl/α,β-unsaturated/α-hetero) is 1. The van der Waals surface area contributed by atoms with Crippen LogP contribution in [0.4, 0.5) is 0 Å². The summed E-state index contributed by atoms with van der Waals surface area (Å²) in [4.78, 5) is 221. The lowest BCUT2D eigenvalue weighted by Crippen LogP contribution is -2.61. The van der Waals surface area contributed by atoms with Crippen LogP contribution >= 0.6 is 11.6 Å². The highest BCUT2D eigenvalue weighted by Gasteiger charge is 2.50. The first kappa shape index (κ1) is 98.8. The molecular weight excluding hydrogens is 1770 g/mol. The van der Waals surface area contributed by atoms with Gasteiger partial charge in [0.15, 0.2) is 12.1 Å². The van der Waals surface area contributed by atoms with E-state index in [1.54, 1.807) is 88.0 Å². The van der Waals surface area contributed by atoms with Gasteiger partial charge in [-0.1, -0.05) is 202 Å². The van der Waals surface area contributed by atoms with Crippen LogP contribution < -0.4 is 31.9 Å². The van der Waals surface area contributed by atoms with E-state index in [0.717, 1.165) is 29.5 Å². The number of likely N-dealkylation sites (tertiary alicyclic amines) is 1. The minimum Gasteiger partial charge on any atom is -0.453 e. The molecule has 8 N–H and O–H groups in total. The number of aromatic nitrogens is 4. The number of aromatic amines is 2. The number of ketones is 1. The van der Waals surface area contributed by atoms with Crippen molar-refractivity contribution < 1.29 is 76.5 Å². The minimum absolute atomic E-state index is 0.000345. The van der Waals surface area contributed by atoms with Crippen molar-refractivity contribution >= 4 is 110 Å². The van der Waals surface area contributed by atoms with Crippen LogP contribution in [0, 0.1) is 5.92 Å². The highest BCUT2D eigenvalue weighted by molar-refractivity contribution is 6.30. The Bertz CT molecular complexity index is 5970. The second kappa shape index (κ2) is 44.7. The van der Waals surface area contributed by atoms with Crippen molar-refractivity contribution in [2.24, 2.45) is 5.92 Å². The van der Waals surface area contributed by atoms with Crippen molar-refractivity contribution in [3.05, 3.63) is 268 Å². The number of fused-ring (bicyclic) bond motifs is 7. The molecule has 3 aromatic heterocycles. The topological polar surface area (TPSA) is 387 Å². The number of unbranched alkanes of at least 4 members (excludes halogenated alkanes) is 1. The SMILES string of the molecule is CCCC[C@@H]1NC(=O)C(Cc2c[nH]c3ccccc23)NC(=O)[C@H](C)NC(=O)C[C@@H](C(=O)N2CCC[C@H]2C(=O)OC(C)(C)c2ccccc2)NC(=O)[C@@H]2CCCN2C(=O)CN(C)C(=O)[C@H](Cc2cn(C(c3ccccc3)(c3ccccc3)c3ccccc3)cn2)C2C(=O)[C@H](Cc3cc(Cl)ccc32)N(C)C(=O)CN(CCC)C(=O)[C@H](COC2CCCCO2)NC(=O)[C@H](Cc2c[nH]c3ccccc23)NC1=O. The normalized spacial score (nSPS) is 23.3. The minimum atomic E-state index is -1.77. The number of para-hydroxylation sites is 2. The standard InChI is InChI=1S/C106H122ClN15O16/c1-8-10-41-82-97(128)114-84(55-69-60-109-81-43-26-24-40-77(69)81)99(130)116-86(64-137-93-46-27-28-52-136-93)102(133)119(49-9-2)63-91(124)118(7)89-56-67-53-74(107)47-48-78(67)94(95(89)126)79(57-75-61-120(65-110-75)106(71-33-17-12-18-34-71,72-35-19-13-20-36-72)73-37-21-14-22-38-73)101(132)117(6)62-92(125)121-50-29-44-87(121)100(131)115-85(103(134)122-51-30-45-88(122)104(135)138-105(4,5)70-31-15-11-16-32-70)58-90(123)111-66(3)96(127)113-83(98(129)112-82)54-68-59-108-80-42-25-23-39-76(68)80/h11-26,31-40,42-43,47-48,53,59-61,65-66,79,82-89,93-94,108-109H,8-10,27-30,41,44-46,49-52,54-58,62-64H2,1-7H3,(H,111,123)(H,112,129)(H,113,127)(H,114,128)(H,115,131)(H,116,130)/t66-,79+,82-,83?,84-,85-,86-,87-,88-,89-,93?,94?/m0/s1. The van der Waals surface area contributed by atoms with E-state index in [-0.39, 0.29) is 76.0 Å². The summed E-state index contributed by atoms with van der Waals surface area (Å²) in [6, 6.07) is 45.2. The second-order valence-corrected chi connectivity index (χ2v) is 37.7. The lowest BCUT2D eigenvalue weighted by Gasteiger charge is -2.40. The molecule has 32 heteroatoms. The van der Waals surface area contributed by atoms with Crippen molar-refractivity contribution in [3.8, 4) is 0 Å². The number of likely N-dealkylation sites (N-methyl/N-ethyl adjacent to an activating group) is 2. The number of amides is 11. The van der Waals surface area contributed by atoms with Gasteiger partial charge in [0, 0.05) is 111 Å². The monoisotopic (exact) mass is 1900 g/mol. The third-order valence-electron chi connectivity index (χ3n) is 27.4. The molecule has 724 valence electrons. The first-order valence-corrected chi connectivity index (χ1v) is 48.3. The number of benzene rings is 7. The Hall–Kier alpha value is -13.7. The number of halogens is 1. The van der Waals surface area contributed by atoms with Gasteiger partial charge in [-0.2, -0.15) is 0 Å². The van der Waals surface area contributed by atoms with Crippen molar-refractivity contribution in [2.75, 3.05) is 60.0 Å². The third kappa shape index (κ3) is 22.4. The van der Waals surface area contributed by atoms with Gasteiger partial charge in [-0.25, -0.2) is 9.78 Å². The Morgan fingerprint density at radius 3 is 1.73 bits per heavy atom. The number of nitrogens with zero attached hydrogens (tertiary/aromatic N) is 7. The summed E-state index contributed by atoms with van der Waals surface area (Å²) in [5, 5.41) is 18.8. The highest BCUT2D eigenvalue weighted by atomic mass is 35.5. The van der Waals surface area contributed by atoms with Crippen LogP contribution in [0.2, 0.25) is 5.02 Å². The molecule has 138 heavy (non-hydrogen) atoms. The Labute approximate surface area is 807 Å². The van der Waals surface area contributed by atoms with E-state index in [0.29, 0.717) is 94.0 Å². The number of esters is 1. The largest absolute Gasteiger partial charge is 0.453 e. The quantitative estimate of drug-likeness (QED) is 0.0231. The molecule has 0 radical (unpaired) electrons. The van der Waals surface area contributed by atoms with Crippen LogP contribution in [0.5, 0.6) is 0 Å². The maximum absolute atomic E-state index is 16.6. The van der Waals surface area contributed by atoms with Crippen molar-refractivity contribution in [1.82, 2.24) is 75.9 Å². The smallest absolute Gasteiger partial charge is 0.329 e. The number of carbonyl (C=O) groups is 13. The van der Waals surface area contributed by atoms with Gasteiger partial charge in [-0.05, 0) is 147 Å². The van der Waals surface area contributed by atoms with Gasteiger partial charge < -0.3 is 85.1 Å². The van der Waals surface area contributed by atoms with E-state index < -0.39 is 186 Å². The Kier molecular flexibility index (Phi) is 32.0. The third-order valence-corrected chi connectivity index (χ3v) is 27.6. The van der Waals surface area contributed by atoms with Crippen LogP contribution in [-0.4, -0.2) is 241 Å². The van der Waals surface area contributed by atoms with Gasteiger partial charge >= 0.3 is 5.97 Å². The molecule has 4 fully saturated rings. The summed E-state index contributed by atoms with van der Waals surface area (Å²) in [7, 11) is 2.86. The molecule has 4 aliphatic heterocycles. The summed E-state index contributed by atoms with van der Waals surface area (Å²) in [6.45, 7) is 6.98. The molecule has 7 heterocycles. The van der Waals surface area contributed by atoms with Crippen LogP contribution in [0.15, 0.2) is 213 Å². The van der Waals surface area contributed by atoms with E-state index in [1.807, 2.05) is 157 Å². The number of H-pyrrole nitrogens is 2. The lowest BCUT2D eigenvalue weighted by molar-refractivity contribution is -0.171. The number of hydrogen-bond donors (Lipinski definition) is 8. The molecule has 2 bridgehead atoms. The molecule has 4 saturated heterocycles. The van der Waals surface area contributed by atoms with Crippen molar-refractivity contribution in [1.29, 1.82) is 0 Å². The molecule has 11 amide bonds. The molecule has 12 atom stereocenters. The zero-order valence-corrected chi connectivity index (χ0v) is 79.7. The fraction of sp³-hybridized carbons (Fsp3) is 0.415. The van der Waals surface area contributed by atoms with E-state index >= 15 is 57.5 Å². The predicted molar refractivity (Wildman–Crippen MR) is 518 cm³/mol. The first-order valence-electron chi connectivity index (χ1n) is 47.9. The molecule has 7 aromatic carbocycles. The number of hydrogen-bond acceptors (Lipinski definition) is 17. The van der Waals surface area contributed by atoms with Gasteiger partial charge in [0.1, 0.15) is 59.5 Å². The van der Waals surface area contributed by atoms with Crippen LogP contribution in [0.25, 0.3) is 21.8 Å². The van der Waals surface area contributed by atoms with Gasteiger partial charge in [0.05, 0.1) is 56.0 Å². The fourth-order valence-electron chi connectivity index (χ4n) is 20.1. The van der Waals surface area contributed by atoms with Crippen LogP contribution in [-0.2, 0) is 113 Å². The number of ether oxygens (including phenoxy) is 3. The zero-order valence-electron chi connectivity index (χ0n) is 78.9. The summed E-state index contributed by atoms with van der Waals surface area (Å²) in [6.07, 6.45) is 8.53. The zero-order chi connectivity index (χ0) is 97.5. The lowest BCUT2D eigenvalue weighted by atomic mass is 9.70. The molecular formula is C106H122ClN15O16. The Morgan fingerprint density at radius 2 is 1.13 bits per heavy atom.